The molecule has 0 aromatic heterocycles. The lowest BCUT2D eigenvalue weighted by molar-refractivity contribution is -0.384. The SMILES string of the molecule is COc1ccc(C2CC(c3ccc([N+](=O)[O-])cc3)=NC(=O)N2)cc1. The molecule has 1 N–H and O–H groups in total. The van der Waals surface area contributed by atoms with Crippen LogP contribution in [0.5, 0.6) is 5.75 Å². The van der Waals surface area contributed by atoms with Crippen molar-refractivity contribution in [1.29, 1.82) is 0 Å². The smallest absolute Gasteiger partial charge is 0.341 e. The lowest BCUT2D eigenvalue weighted by Crippen LogP contribution is -2.33. The number of carbonyl (C=O) groups is 1. The minimum atomic E-state index is -0.459. The summed E-state index contributed by atoms with van der Waals surface area (Å²) in [6, 6.07) is 12.9. The van der Waals surface area contributed by atoms with E-state index >= 15 is 0 Å². The van der Waals surface area contributed by atoms with Gasteiger partial charge in [0.2, 0.25) is 0 Å². The minimum absolute atomic E-state index is 0.00585. The van der Waals surface area contributed by atoms with Crippen molar-refractivity contribution >= 4 is 17.4 Å². The van der Waals surface area contributed by atoms with Gasteiger partial charge in [-0.1, -0.05) is 12.1 Å². The maximum absolute atomic E-state index is 11.9. The van der Waals surface area contributed by atoms with Crippen LogP contribution in [0, 0.1) is 10.1 Å². The van der Waals surface area contributed by atoms with E-state index in [9.17, 15) is 14.9 Å². The number of amides is 2. The number of aliphatic imine (C=N–C) groups is 1. The molecule has 0 fully saturated rings. The molecule has 1 unspecified atom stereocenters. The third kappa shape index (κ3) is 3.24. The Labute approximate surface area is 138 Å². The highest BCUT2D eigenvalue weighted by Gasteiger charge is 2.23. The second kappa shape index (κ2) is 6.49. The summed E-state index contributed by atoms with van der Waals surface area (Å²) in [5.74, 6) is 0.741. The molecule has 2 amide bonds. The van der Waals surface area contributed by atoms with E-state index in [2.05, 4.69) is 10.3 Å². The molecular formula is C17H15N3O4. The Morgan fingerprint density at radius 3 is 2.42 bits per heavy atom. The monoisotopic (exact) mass is 325 g/mol. The van der Waals surface area contributed by atoms with Gasteiger partial charge in [0.1, 0.15) is 5.75 Å². The number of methoxy groups -OCH3 is 1. The summed E-state index contributed by atoms with van der Waals surface area (Å²) in [6.07, 6.45) is 0.510. The Bertz CT molecular complexity index is 798. The van der Waals surface area contributed by atoms with Crippen molar-refractivity contribution in [2.45, 2.75) is 12.5 Å². The predicted molar refractivity (Wildman–Crippen MR) is 88.5 cm³/mol. The van der Waals surface area contributed by atoms with Crippen LogP contribution >= 0.6 is 0 Å². The zero-order valence-corrected chi connectivity index (χ0v) is 12.9. The molecule has 1 atom stereocenters. The number of nitro benzene ring substituents is 1. The van der Waals surface area contributed by atoms with Gasteiger partial charge in [0, 0.05) is 18.6 Å². The molecule has 0 radical (unpaired) electrons. The second-order valence-corrected chi connectivity index (χ2v) is 5.34. The Morgan fingerprint density at radius 1 is 1.17 bits per heavy atom. The molecule has 3 rings (SSSR count). The van der Waals surface area contributed by atoms with Crippen LogP contribution in [0.25, 0.3) is 0 Å². The molecule has 0 saturated heterocycles. The predicted octanol–water partition coefficient (Wildman–Crippen LogP) is 3.25. The number of nitrogens with zero attached hydrogens (tertiary/aromatic N) is 2. The van der Waals surface area contributed by atoms with E-state index in [1.54, 1.807) is 19.2 Å². The number of hydrogen-bond donors (Lipinski definition) is 1. The average molecular weight is 325 g/mol. The molecule has 1 aliphatic heterocycles. The van der Waals surface area contributed by atoms with E-state index in [-0.39, 0.29) is 11.7 Å². The maximum Gasteiger partial charge on any atom is 0.341 e. The fourth-order valence-electron chi connectivity index (χ4n) is 2.59. The van der Waals surface area contributed by atoms with Crippen LogP contribution in [-0.4, -0.2) is 23.8 Å². The third-order valence-corrected chi connectivity index (χ3v) is 3.86. The van der Waals surface area contributed by atoms with Gasteiger partial charge in [-0.3, -0.25) is 10.1 Å². The minimum Gasteiger partial charge on any atom is -0.497 e. The number of rotatable bonds is 4. The van der Waals surface area contributed by atoms with Crippen molar-refractivity contribution in [3.8, 4) is 5.75 Å². The second-order valence-electron chi connectivity index (χ2n) is 5.34. The van der Waals surface area contributed by atoms with Crippen LogP contribution in [0.3, 0.4) is 0 Å². The van der Waals surface area contributed by atoms with Crippen molar-refractivity contribution in [1.82, 2.24) is 5.32 Å². The standard InChI is InChI=1S/C17H15N3O4/c1-24-14-8-4-12(5-9-14)16-10-15(18-17(21)19-16)11-2-6-13(7-3-11)20(22)23/h2-9,16H,10H2,1H3,(H,19,21). The third-order valence-electron chi connectivity index (χ3n) is 3.86. The molecular weight excluding hydrogens is 310 g/mol. The van der Waals surface area contributed by atoms with Crippen molar-refractivity contribution in [3.63, 3.8) is 0 Å². The van der Waals surface area contributed by atoms with Crippen LogP contribution < -0.4 is 10.1 Å². The van der Waals surface area contributed by atoms with E-state index in [1.807, 2.05) is 24.3 Å². The van der Waals surface area contributed by atoms with Gasteiger partial charge in [0.25, 0.3) is 5.69 Å². The molecule has 7 nitrogen and oxygen atoms in total. The molecule has 2 aromatic carbocycles. The maximum atomic E-state index is 11.9. The number of nitro groups is 1. The fraction of sp³-hybridized carbons (Fsp3) is 0.176. The Morgan fingerprint density at radius 2 is 1.83 bits per heavy atom. The average Bonchev–Trinajstić information content (AvgIpc) is 2.61. The van der Waals surface area contributed by atoms with Crippen LogP contribution in [0.15, 0.2) is 53.5 Å². The molecule has 122 valence electrons. The molecule has 0 bridgehead atoms. The number of carbonyl (C=O) groups excluding carboxylic acids is 1. The van der Waals surface area contributed by atoms with Crippen LogP contribution in [0.1, 0.15) is 23.6 Å². The zero-order chi connectivity index (χ0) is 17.1. The van der Waals surface area contributed by atoms with Gasteiger partial charge in [0.15, 0.2) is 0 Å². The molecule has 0 aliphatic carbocycles. The van der Waals surface area contributed by atoms with Crippen molar-refractivity contribution in [3.05, 3.63) is 69.8 Å². The fourth-order valence-corrected chi connectivity index (χ4v) is 2.59. The summed E-state index contributed by atoms with van der Waals surface area (Å²) in [4.78, 5) is 26.2. The number of nitrogens with one attached hydrogen (secondary N) is 1. The summed E-state index contributed by atoms with van der Waals surface area (Å²) in [5.41, 5.74) is 2.26. The number of ether oxygens (including phenoxy) is 1. The van der Waals surface area contributed by atoms with Crippen molar-refractivity contribution in [2.75, 3.05) is 7.11 Å². The molecule has 1 aliphatic rings. The molecule has 24 heavy (non-hydrogen) atoms. The summed E-state index contributed by atoms with van der Waals surface area (Å²) >= 11 is 0. The van der Waals surface area contributed by atoms with Crippen LogP contribution in [0.4, 0.5) is 10.5 Å². The van der Waals surface area contributed by atoms with E-state index in [4.69, 9.17) is 4.74 Å². The molecule has 0 spiro atoms. The van der Waals surface area contributed by atoms with Crippen molar-refractivity contribution < 1.29 is 14.5 Å². The van der Waals surface area contributed by atoms with E-state index in [0.717, 1.165) is 11.3 Å². The Kier molecular flexibility index (Phi) is 4.24. The molecule has 2 aromatic rings. The van der Waals surface area contributed by atoms with Gasteiger partial charge >= 0.3 is 6.03 Å². The zero-order valence-electron chi connectivity index (χ0n) is 12.9. The first kappa shape index (κ1) is 15.7. The van der Waals surface area contributed by atoms with Gasteiger partial charge in [-0.15, -0.1) is 0 Å². The van der Waals surface area contributed by atoms with Gasteiger partial charge in [0.05, 0.1) is 23.8 Å². The Balaban J connectivity index is 1.84. The lowest BCUT2D eigenvalue weighted by atomic mass is 9.96. The normalized spacial score (nSPS) is 17.0. The van der Waals surface area contributed by atoms with E-state index in [0.29, 0.717) is 17.7 Å². The number of hydrogen-bond acceptors (Lipinski definition) is 4. The topological polar surface area (TPSA) is 93.8 Å². The highest BCUT2D eigenvalue weighted by atomic mass is 16.6. The number of benzene rings is 2. The summed E-state index contributed by atoms with van der Waals surface area (Å²) < 4.78 is 5.13. The first-order valence-electron chi connectivity index (χ1n) is 7.33. The summed E-state index contributed by atoms with van der Waals surface area (Å²) in [7, 11) is 1.59. The summed E-state index contributed by atoms with van der Waals surface area (Å²) in [5, 5.41) is 13.6. The van der Waals surface area contributed by atoms with Gasteiger partial charge < -0.3 is 10.1 Å². The van der Waals surface area contributed by atoms with Gasteiger partial charge in [-0.25, -0.2) is 4.79 Å². The Hall–Kier alpha value is -3.22. The largest absolute Gasteiger partial charge is 0.497 e. The highest BCUT2D eigenvalue weighted by Crippen LogP contribution is 2.25. The van der Waals surface area contributed by atoms with E-state index < -0.39 is 11.0 Å². The molecule has 0 saturated carbocycles. The van der Waals surface area contributed by atoms with Crippen molar-refractivity contribution in [2.24, 2.45) is 4.99 Å². The van der Waals surface area contributed by atoms with Gasteiger partial charge in [-0.05, 0) is 35.4 Å². The number of non-ortho nitro benzene ring substituents is 1. The van der Waals surface area contributed by atoms with Gasteiger partial charge in [-0.2, -0.15) is 4.99 Å². The number of urea groups is 1. The lowest BCUT2D eigenvalue weighted by Gasteiger charge is -2.23. The van der Waals surface area contributed by atoms with Crippen LogP contribution in [0.2, 0.25) is 0 Å². The highest BCUT2D eigenvalue weighted by molar-refractivity contribution is 6.08. The molecule has 7 heteroatoms. The molecule has 1 heterocycles. The van der Waals surface area contributed by atoms with Crippen LogP contribution in [-0.2, 0) is 0 Å². The van der Waals surface area contributed by atoms with E-state index in [1.165, 1.54) is 12.1 Å². The quantitative estimate of drug-likeness (QED) is 0.689. The first-order chi connectivity index (χ1) is 11.6. The first-order valence-corrected chi connectivity index (χ1v) is 7.33. The summed E-state index contributed by atoms with van der Waals surface area (Å²) in [6.45, 7) is 0.